The Kier molecular flexibility index (Phi) is 9.42. The number of rotatable bonds is 12. The Morgan fingerprint density at radius 3 is 2.47 bits per heavy atom. The molecule has 0 aliphatic carbocycles. The molecule has 1 aromatic rings. The van der Waals surface area contributed by atoms with Crippen LogP contribution in [-0.2, 0) is 13.1 Å². The van der Waals surface area contributed by atoms with Crippen LogP contribution in [0.3, 0.4) is 0 Å². The highest BCUT2D eigenvalue weighted by molar-refractivity contribution is 4.91. The van der Waals surface area contributed by atoms with Gasteiger partial charge in [-0.3, -0.25) is 0 Å². The Bertz CT molecular complexity index is 307. The maximum atomic E-state index is 4.43. The lowest BCUT2D eigenvalue weighted by Crippen LogP contribution is -2.17. The fourth-order valence-electron chi connectivity index (χ4n) is 2.33. The van der Waals surface area contributed by atoms with Gasteiger partial charge in [0.15, 0.2) is 0 Å². The summed E-state index contributed by atoms with van der Waals surface area (Å²) in [6, 6.07) is 0. The molecule has 1 aromatic heterocycles. The third-order valence-corrected chi connectivity index (χ3v) is 3.51. The molecule has 110 valence electrons. The predicted octanol–water partition coefficient (Wildman–Crippen LogP) is 4.13. The molecule has 0 radical (unpaired) electrons. The van der Waals surface area contributed by atoms with Crippen LogP contribution in [0.25, 0.3) is 0 Å². The van der Waals surface area contributed by atoms with Crippen LogP contribution in [0.5, 0.6) is 0 Å². The molecule has 0 amide bonds. The van der Waals surface area contributed by atoms with Crippen molar-refractivity contribution in [3.8, 4) is 0 Å². The molecule has 1 rings (SSSR count). The summed E-state index contributed by atoms with van der Waals surface area (Å²) >= 11 is 0. The molecule has 0 bridgehead atoms. The fraction of sp³-hybridized carbons (Fsp3) is 0.812. The van der Waals surface area contributed by atoms with E-state index in [9.17, 15) is 0 Å². The van der Waals surface area contributed by atoms with Crippen LogP contribution in [-0.4, -0.2) is 16.1 Å². The van der Waals surface area contributed by atoms with Crippen LogP contribution in [0.2, 0.25) is 0 Å². The van der Waals surface area contributed by atoms with Gasteiger partial charge in [0.25, 0.3) is 0 Å². The summed E-state index contributed by atoms with van der Waals surface area (Å²) in [6.45, 7) is 7.56. The highest BCUT2D eigenvalue weighted by atomic mass is 15.1. The van der Waals surface area contributed by atoms with Crippen LogP contribution in [0.4, 0.5) is 0 Å². The van der Waals surface area contributed by atoms with Crippen LogP contribution in [0.15, 0.2) is 12.4 Å². The van der Waals surface area contributed by atoms with E-state index < -0.39 is 0 Å². The van der Waals surface area contributed by atoms with E-state index in [1.165, 1.54) is 57.2 Å². The summed E-state index contributed by atoms with van der Waals surface area (Å²) in [5.74, 6) is 1.18. The number of nitrogens with one attached hydrogen (secondary N) is 1. The summed E-state index contributed by atoms with van der Waals surface area (Å²) in [5.41, 5.74) is 0. The largest absolute Gasteiger partial charge is 0.334 e. The first-order chi connectivity index (χ1) is 9.38. The Balaban J connectivity index is 2.10. The minimum absolute atomic E-state index is 0.900. The Hall–Kier alpha value is -0.830. The van der Waals surface area contributed by atoms with Gasteiger partial charge in [-0.15, -0.1) is 0 Å². The standard InChI is InChI=1S/C16H31N3/c1-3-5-6-7-8-9-10-13-19-14-12-18-16(19)15-17-11-4-2/h12,14,17H,3-11,13,15H2,1-2H3. The minimum atomic E-state index is 0.900. The lowest BCUT2D eigenvalue weighted by Gasteiger charge is -2.08. The van der Waals surface area contributed by atoms with Crippen molar-refractivity contribution in [3.05, 3.63) is 18.2 Å². The molecule has 0 unspecified atom stereocenters. The van der Waals surface area contributed by atoms with Crippen molar-refractivity contribution >= 4 is 0 Å². The minimum Gasteiger partial charge on any atom is -0.334 e. The van der Waals surface area contributed by atoms with Crippen molar-refractivity contribution in [3.63, 3.8) is 0 Å². The molecule has 1 heterocycles. The average Bonchev–Trinajstić information content (AvgIpc) is 2.86. The predicted molar refractivity (Wildman–Crippen MR) is 82.2 cm³/mol. The van der Waals surface area contributed by atoms with E-state index in [1.807, 2.05) is 6.20 Å². The van der Waals surface area contributed by atoms with Crippen molar-refractivity contribution in [1.82, 2.24) is 14.9 Å². The quantitative estimate of drug-likeness (QED) is 0.576. The van der Waals surface area contributed by atoms with Crippen molar-refractivity contribution in [2.24, 2.45) is 0 Å². The molecule has 3 nitrogen and oxygen atoms in total. The monoisotopic (exact) mass is 265 g/mol. The van der Waals surface area contributed by atoms with E-state index in [4.69, 9.17) is 0 Å². The molecule has 3 heteroatoms. The van der Waals surface area contributed by atoms with Gasteiger partial charge in [0.05, 0.1) is 6.54 Å². The Morgan fingerprint density at radius 2 is 1.74 bits per heavy atom. The van der Waals surface area contributed by atoms with Crippen LogP contribution in [0.1, 0.15) is 71.0 Å². The average molecular weight is 265 g/mol. The Morgan fingerprint density at radius 1 is 1.00 bits per heavy atom. The smallest absolute Gasteiger partial charge is 0.122 e. The van der Waals surface area contributed by atoms with Crippen LogP contribution >= 0.6 is 0 Å². The number of unbranched alkanes of at least 4 members (excludes halogenated alkanes) is 6. The SMILES string of the molecule is CCCCCCCCCn1ccnc1CNCCC. The normalized spacial score (nSPS) is 11.1. The van der Waals surface area contributed by atoms with E-state index in [1.54, 1.807) is 0 Å². The van der Waals surface area contributed by atoms with E-state index in [2.05, 4.69) is 34.9 Å². The van der Waals surface area contributed by atoms with E-state index in [-0.39, 0.29) is 0 Å². The molecular formula is C16H31N3. The summed E-state index contributed by atoms with van der Waals surface area (Å²) < 4.78 is 2.30. The molecule has 0 spiro atoms. The van der Waals surface area contributed by atoms with Crippen molar-refractivity contribution in [1.29, 1.82) is 0 Å². The van der Waals surface area contributed by atoms with E-state index >= 15 is 0 Å². The summed E-state index contributed by atoms with van der Waals surface area (Å²) in [4.78, 5) is 4.43. The number of aromatic nitrogens is 2. The second-order valence-electron chi connectivity index (χ2n) is 5.33. The first-order valence-corrected chi connectivity index (χ1v) is 8.09. The number of nitrogens with zero attached hydrogens (tertiary/aromatic N) is 2. The molecule has 0 aliphatic heterocycles. The first-order valence-electron chi connectivity index (χ1n) is 8.09. The van der Waals surface area contributed by atoms with Gasteiger partial charge in [0, 0.05) is 18.9 Å². The van der Waals surface area contributed by atoms with Gasteiger partial charge in [0.1, 0.15) is 5.82 Å². The molecule has 0 fully saturated rings. The maximum absolute atomic E-state index is 4.43. The van der Waals surface area contributed by atoms with Crippen LogP contribution in [0, 0.1) is 0 Å². The number of imidazole rings is 1. The highest BCUT2D eigenvalue weighted by Gasteiger charge is 2.01. The van der Waals surface area contributed by atoms with Gasteiger partial charge < -0.3 is 9.88 Å². The summed E-state index contributed by atoms with van der Waals surface area (Å²) in [7, 11) is 0. The lowest BCUT2D eigenvalue weighted by molar-refractivity contribution is 0.529. The van der Waals surface area contributed by atoms with Gasteiger partial charge in [-0.2, -0.15) is 0 Å². The molecule has 0 aromatic carbocycles. The zero-order chi connectivity index (χ0) is 13.8. The molecule has 1 N–H and O–H groups in total. The molecule has 0 aliphatic rings. The van der Waals surface area contributed by atoms with Crippen molar-refractivity contribution in [2.45, 2.75) is 78.3 Å². The van der Waals surface area contributed by atoms with Crippen molar-refractivity contribution in [2.75, 3.05) is 6.54 Å². The maximum Gasteiger partial charge on any atom is 0.122 e. The first kappa shape index (κ1) is 16.2. The second-order valence-corrected chi connectivity index (χ2v) is 5.33. The topological polar surface area (TPSA) is 29.9 Å². The van der Waals surface area contributed by atoms with Gasteiger partial charge in [0.2, 0.25) is 0 Å². The van der Waals surface area contributed by atoms with E-state index in [0.717, 1.165) is 19.6 Å². The zero-order valence-corrected chi connectivity index (χ0v) is 12.8. The van der Waals surface area contributed by atoms with Gasteiger partial charge in [-0.05, 0) is 19.4 Å². The molecular weight excluding hydrogens is 234 g/mol. The zero-order valence-electron chi connectivity index (χ0n) is 12.8. The summed E-state index contributed by atoms with van der Waals surface area (Å²) in [5, 5.41) is 3.42. The number of hydrogen-bond donors (Lipinski definition) is 1. The van der Waals surface area contributed by atoms with Gasteiger partial charge in [-0.25, -0.2) is 4.98 Å². The van der Waals surface area contributed by atoms with Gasteiger partial charge in [-0.1, -0.05) is 52.4 Å². The van der Waals surface area contributed by atoms with Crippen LogP contribution < -0.4 is 5.32 Å². The Labute approximate surface area is 118 Å². The van der Waals surface area contributed by atoms with Gasteiger partial charge >= 0.3 is 0 Å². The molecule has 0 saturated heterocycles. The third-order valence-electron chi connectivity index (χ3n) is 3.51. The molecule has 19 heavy (non-hydrogen) atoms. The van der Waals surface area contributed by atoms with Crippen molar-refractivity contribution < 1.29 is 0 Å². The lowest BCUT2D eigenvalue weighted by atomic mass is 10.1. The number of hydrogen-bond acceptors (Lipinski definition) is 2. The number of aryl methyl sites for hydroxylation is 1. The molecule has 0 atom stereocenters. The highest BCUT2D eigenvalue weighted by Crippen LogP contribution is 2.08. The second kappa shape index (κ2) is 11.0. The van der Waals surface area contributed by atoms with E-state index in [0.29, 0.717) is 0 Å². The third kappa shape index (κ3) is 7.36. The fourth-order valence-corrected chi connectivity index (χ4v) is 2.33. The summed E-state index contributed by atoms with van der Waals surface area (Å²) in [6.07, 6.45) is 14.8. The molecule has 0 saturated carbocycles.